The van der Waals surface area contributed by atoms with Gasteiger partial charge in [0.1, 0.15) is 6.61 Å². The molecule has 0 fully saturated rings. The SMILES string of the molecule is CC=CCOCC(=O)c1ccc(Cl)cc1Cl. The fraction of sp³-hybridized carbons (Fsp3) is 0.250. The zero-order valence-electron chi connectivity index (χ0n) is 8.87. The number of hydrogen-bond acceptors (Lipinski definition) is 2. The van der Waals surface area contributed by atoms with E-state index in [1.54, 1.807) is 18.2 Å². The molecule has 86 valence electrons. The molecule has 0 heterocycles. The number of rotatable bonds is 5. The van der Waals surface area contributed by atoms with Crippen LogP contribution in [-0.2, 0) is 4.74 Å². The van der Waals surface area contributed by atoms with E-state index in [1.165, 1.54) is 0 Å². The molecule has 0 amide bonds. The second-order valence-corrected chi connectivity index (χ2v) is 3.98. The van der Waals surface area contributed by atoms with Gasteiger partial charge in [0.05, 0.1) is 11.6 Å². The average molecular weight is 259 g/mol. The van der Waals surface area contributed by atoms with Crippen LogP contribution in [0, 0.1) is 0 Å². The number of carbonyl (C=O) groups is 1. The van der Waals surface area contributed by atoms with E-state index in [0.717, 1.165) is 0 Å². The van der Waals surface area contributed by atoms with Crippen molar-refractivity contribution in [2.24, 2.45) is 0 Å². The lowest BCUT2D eigenvalue weighted by molar-refractivity contribution is 0.0806. The Balaban J connectivity index is 2.59. The van der Waals surface area contributed by atoms with Crippen LogP contribution >= 0.6 is 23.2 Å². The van der Waals surface area contributed by atoms with Gasteiger partial charge in [0.25, 0.3) is 0 Å². The van der Waals surface area contributed by atoms with Gasteiger partial charge in [-0.25, -0.2) is 0 Å². The van der Waals surface area contributed by atoms with Crippen molar-refractivity contribution in [2.45, 2.75) is 6.92 Å². The van der Waals surface area contributed by atoms with Crippen LogP contribution in [0.3, 0.4) is 0 Å². The van der Waals surface area contributed by atoms with E-state index in [4.69, 9.17) is 27.9 Å². The fourth-order valence-electron chi connectivity index (χ4n) is 1.11. The Bertz CT molecular complexity index is 400. The Hall–Kier alpha value is -0.830. The quantitative estimate of drug-likeness (QED) is 0.457. The number of hydrogen-bond donors (Lipinski definition) is 0. The van der Waals surface area contributed by atoms with Crippen LogP contribution in [0.4, 0.5) is 0 Å². The van der Waals surface area contributed by atoms with E-state index in [-0.39, 0.29) is 12.4 Å². The first-order valence-electron chi connectivity index (χ1n) is 4.82. The zero-order valence-corrected chi connectivity index (χ0v) is 10.4. The fourth-order valence-corrected chi connectivity index (χ4v) is 1.62. The molecule has 1 rings (SSSR count). The summed E-state index contributed by atoms with van der Waals surface area (Å²) in [5, 5.41) is 0.864. The first-order valence-corrected chi connectivity index (χ1v) is 5.58. The molecule has 0 aliphatic rings. The molecule has 0 aliphatic carbocycles. The summed E-state index contributed by atoms with van der Waals surface area (Å²) in [4.78, 5) is 11.7. The van der Waals surface area contributed by atoms with Crippen molar-refractivity contribution in [1.29, 1.82) is 0 Å². The van der Waals surface area contributed by atoms with E-state index in [9.17, 15) is 4.79 Å². The highest BCUT2D eigenvalue weighted by Gasteiger charge is 2.10. The van der Waals surface area contributed by atoms with Crippen LogP contribution in [0.15, 0.2) is 30.4 Å². The van der Waals surface area contributed by atoms with Crippen molar-refractivity contribution in [2.75, 3.05) is 13.2 Å². The summed E-state index contributed by atoms with van der Waals surface area (Å²) in [7, 11) is 0. The average Bonchev–Trinajstić information content (AvgIpc) is 2.24. The van der Waals surface area contributed by atoms with Gasteiger partial charge in [0.15, 0.2) is 5.78 Å². The number of ketones is 1. The number of halogens is 2. The van der Waals surface area contributed by atoms with Gasteiger partial charge in [-0.2, -0.15) is 0 Å². The van der Waals surface area contributed by atoms with Gasteiger partial charge in [-0.05, 0) is 25.1 Å². The molecular formula is C12H12Cl2O2. The second kappa shape index (κ2) is 6.69. The summed E-state index contributed by atoms with van der Waals surface area (Å²) >= 11 is 11.6. The number of benzene rings is 1. The lowest BCUT2D eigenvalue weighted by Gasteiger charge is -2.04. The first kappa shape index (κ1) is 13.2. The molecule has 0 unspecified atom stereocenters. The molecule has 0 radical (unpaired) electrons. The third-order valence-corrected chi connectivity index (χ3v) is 2.46. The predicted molar refractivity (Wildman–Crippen MR) is 66.4 cm³/mol. The van der Waals surface area contributed by atoms with E-state index in [2.05, 4.69) is 0 Å². The molecule has 0 saturated heterocycles. The predicted octanol–water partition coefficient (Wildman–Crippen LogP) is 3.77. The Labute approximate surface area is 105 Å². The van der Waals surface area contributed by atoms with Gasteiger partial charge in [-0.3, -0.25) is 4.79 Å². The highest BCUT2D eigenvalue weighted by atomic mass is 35.5. The van der Waals surface area contributed by atoms with Gasteiger partial charge in [-0.15, -0.1) is 0 Å². The zero-order chi connectivity index (χ0) is 12.0. The van der Waals surface area contributed by atoms with Crippen LogP contribution in [0.5, 0.6) is 0 Å². The molecule has 0 aromatic heterocycles. The van der Waals surface area contributed by atoms with Crippen molar-refractivity contribution in [3.05, 3.63) is 46.0 Å². The van der Waals surface area contributed by atoms with Gasteiger partial charge in [-0.1, -0.05) is 35.4 Å². The largest absolute Gasteiger partial charge is 0.369 e. The molecule has 1 aromatic rings. The van der Waals surface area contributed by atoms with Crippen LogP contribution < -0.4 is 0 Å². The maximum atomic E-state index is 11.7. The monoisotopic (exact) mass is 258 g/mol. The number of Topliss-reactive ketones (excluding diaryl/α,β-unsaturated/α-hetero) is 1. The van der Waals surface area contributed by atoms with Crippen molar-refractivity contribution >= 4 is 29.0 Å². The summed E-state index contributed by atoms with van der Waals surface area (Å²) in [6, 6.07) is 4.78. The minimum absolute atomic E-state index is 0.0195. The summed E-state index contributed by atoms with van der Waals surface area (Å²) < 4.78 is 5.15. The van der Waals surface area contributed by atoms with Crippen LogP contribution in [0.2, 0.25) is 10.0 Å². The molecule has 0 aliphatic heterocycles. The highest BCUT2D eigenvalue weighted by molar-refractivity contribution is 6.36. The second-order valence-electron chi connectivity index (χ2n) is 3.13. The van der Waals surface area contributed by atoms with E-state index >= 15 is 0 Å². The molecule has 1 aromatic carbocycles. The van der Waals surface area contributed by atoms with Gasteiger partial charge < -0.3 is 4.74 Å². The maximum absolute atomic E-state index is 11.7. The molecule has 0 spiro atoms. The number of allylic oxidation sites excluding steroid dienone is 1. The van der Waals surface area contributed by atoms with E-state index < -0.39 is 0 Å². The van der Waals surface area contributed by atoms with Crippen LogP contribution in [0.25, 0.3) is 0 Å². The Morgan fingerprint density at radius 3 is 2.81 bits per heavy atom. The Kier molecular flexibility index (Phi) is 5.53. The molecule has 16 heavy (non-hydrogen) atoms. The molecule has 0 saturated carbocycles. The highest BCUT2D eigenvalue weighted by Crippen LogP contribution is 2.21. The van der Waals surface area contributed by atoms with Crippen molar-refractivity contribution in [1.82, 2.24) is 0 Å². The van der Waals surface area contributed by atoms with Crippen LogP contribution in [-0.4, -0.2) is 19.0 Å². The molecular weight excluding hydrogens is 247 g/mol. The lowest BCUT2D eigenvalue weighted by Crippen LogP contribution is -2.09. The van der Waals surface area contributed by atoms with Gasteiger partial charge >= 0.3 is 0 Å². The maximum Gasteiger partial charge on any atom is 0.189 e. The molecule has 4 heteroatoms. The molecule has 0 bridgehead atoms. The summed E-state index contributed by atoms with van der Waals surface area (Å²) in [6.07, 6.45) is 3.69. The Morgan fingerprint density at radius 2 is 2.19 bits per heavy atom. The normalized spacial score (nSPS) is 10.9. The number of carbonyl (C=O) groups excluding carboxylic acids is 1. The molecule has 0 atom stereocenters. The topological polar surface area (TPSA) is 26.3 Å². The van der Waals surface area contributed by atoms with Gasteiger partial charge in [0.2, 0.25) is 0 Å². The third-order valence-electron chi connectivity index (χ3n) is 1.91. The third kappa shape index (κ3) is 3.97. The lowest BCUT2D eigenvalue weighted by atomic mass is 10.1. The van der Waals surface area contributed by atoms with Crippen molar-refractivity contribution in [3.63, 3.8) is 0 Å². The van der Waals surface area contributed by atoms with E-state index in [0.29, 0.717) is 22.2 Å². The first-order chi connectivity index (χ1) is 7.65. The summed E-state index contributed by atoms with van der Waals surface area (Å²) in [6.45, 7) is 2.33. The smallest absolute Gasteiger partial charge is 0.189 e. The summed E-state index contributed by atoms with van der Waals surface area (Å²) in [5.74, 6) is -0.147. The van der Waals surface area contributed by atoms with Gasteiger partial charge in [0, 0.05) is 10.6 Å². The Morgan fingerprint density at radius 1 is 1.44 bits per heavy atom. The molecule has 0 N–H and O–H groups in total. The number of ether oxygens (including phenoxy) is 1. The van der Waals surface area contributed by atoms with Crippen LogP contribution in [0.1, 0.15) is 17.3 Å². The van der Waals surface area contributed by atoms with Crippen molar-refractivity contribution < 1.29 is 9.53 Å². The summed E-state index contributed by atoms with van der Waals surface area (Å²) in [5.41, 5.74) is 0.437. The minimum Gasteiger partial charge on any atom is -0.369 e. The molecule has 2 nitrogen and oxygen atoms in total. The minimum atomic E-state index is -0.147. The van der Waals surface area contributed by atoms with E-state index in [1.807, 2.05) is 19.1 Å². The van der Waals surface area contributed by atoms with Crippen molar-refractivity contribution in [3.8, 4) is 0 Å². The standard InChI is InChI=1S/C12H12Cl2O2/c1-2-3-6-16-8-12(15)10-5-4-9(13)7-11(10)14/h2-5,7H,6,8H2,1H3.